The summed E-state index contributed by atoms with van der Waals surface area (Å²) in [5.41, 5.74) is 1.46. The third-order valence-electron chi connectivity index (χ3n) is 6.80. The number of anilines is 1. The summed E-state index contributed by atoms with van der Waals surface area (Å²) in [6, 6.07) is 15.0. The maximum atomic E-state index is 14.2. The first-order chi connectivity index (χ1) is 21.8. The number of hydrogen-bond donors (Lipinski definition) is 0. The van der Waals surface area contributed by atoms with E-state index in [9.17, 15) is 27.6 Å². The van der Waals surface area contributed by atoms with Crippen molar-refractivity contribution < 1.29 is 51.3 Å². The van der Waals surface area contributed by atoms with Crippen LogP contribution in [0.15, 0.2) is 65.7 Å². The van der Waals surface area contributed by atoms with Crippen LogP contribution in [-0.4, -0.2) is 78.3 Å². The molecule has 0 bridgehead atoms. The molecule has 1 saturated heterocycles. The number of aromatic nitrogens is 3. The van der Waals surface area contributed by atoms with Gasteiger partial charge in [-0.3, -0.25) is 19.2 Å². The topological polar surface area (TPSA) is 183 Å². The number of esters is 4. The second kappa shape index (κ2) is 14.5. The zero-order chi connectivity index (χ0) is 33.6. The van der Waals surface area contributed by atoms with Gasteiger partial charge >= 0.3 is 23.9 Å². The molecule has 1 aliphatic heterocycles. The van der Waals surface area contributed by atoms with E-state index in [1.807, 2.05) is 6.92 Å². The van der Waals surface area contributed by atoms with Crippen LogP contribution in [0, 0.1) is 6.92 Å². The number of carbonyl (C=O) groups excluding carboxylic acids is 4. The Bertz CT molecular complexity index is 1660. The lowest BCUT2D eigenvalue weighted by Crippen LogP contribution is -2.60. The number of sulfonamides is 1. The minimum Gasteiger partial charge on any atom is -0.463 e. The van der Waals surface area contributed by atoms with E-state index in [4.69, 9.17) is 23.7 Å². The summed E-state index contributed by atoms with van der Waals surface area (Å²) >= 11 is 0. The van der Waals surface area contributed by atoms with Crippen LogP contribution in [0.1, 0.15) is 45.0 Å². The van der Waals surface area contributed by atoms with Crippen LogP contribution in [-0.2, 0) is 59.4 Å². The fraction of sp³-hybridized carbons (Fsp3) is 0.400. The van der Waals surface area contributed by atoms with E-state index in [1.54, 1.807) is 42.5 Å². The average molecular weight is 659 g/mol. The molecular formula is C30H34N4O11S. The smallest absolute Gasteiger partial charge is 0.303 e. The Kier molecular flexibility index (Phi) is 10.7. The highest BCUT2D eigenvalue weighted by molar-refractivity contribution is 7.92. The number of rotatable bonds is 11. The van der Waals surface area contributed by atoms with Crippen LogP contribution in [0.2, 0.25) is 0 Å². The van der Waals surface area contributed by atoms with Gasteiger partial charge < -0.3 is 23.7 Å². The molecule has 0 unspecified atom stereocenters. The lowest BCUT2D eigenvalue weighted by Gasteiger charge is -2.44. The van der Waals surface area contributed by atoms with Gasteiger partial charge in [-0.15, -0.1) is 5.10 Å². The van der Waals surface area contributed by atoms with Crippen molar-refractivity contribution in [1.82, 2.24) is 15.0 Å². The SMILES string of the molecule is CC(=O)OC[C@H]1O[C@@H](n2nncc2N(Cc2ccccc2)S(=O)(=O)c2ccc(C)cc2)[C@H](OC(C)=O)[C@@H](OC(C)=O)[C@H]1OC(C)=O. The zero-order valence-electron chi connectivity index (χ0n) is 25.8. The van der Waals surface area contributed by atoms with Crippen molar-refractivity contribution in [1.29, 1.82) is 0 Å². The minimum atomic E-state index is -4.29. The van der Waals surface area contributed by atoms with Crippen molar-refractivity contribution >= 4 is 39.7 Å². The summed E-state index contributed by atoms with van der Waals surface area (Å²) in [4.78, 5) is 48.5. The first-order valence-corrected chi connectivity index (χ1v) is 15.6. The van der Waals surface area contributed by atoms with Gasteiger partial charge in [-0.1, -0.05) is 53.2 Å². The van der Waals surface area contributed by atoms with E-state index in [0.29, 0.717) is 5.56 Å². The van der Waals surface area contributed by atoms with E-state index in [2.05, 4.69) is 10.3 Å². The molecule has 2 aromatic carbocycles. The number of aryl methyl sites for hydroxylation is 1. The van der Waals surface area contributed by atoms with E-state index >= 15 is 0 Å². The van der Waals surface area contributed by atoms with Crippen molar-refractivity contribution in [3.05, 3.63) is 71.9 Å². The Balaban J connectivity index is 1.89. The maximum Gasteiger partial charge on any atom is 0.303 e. The fourth-order valence-corrected chi connectivity index (χ4v) is 6.31. The van der Waals surface area contributed by atoms with Gasteiger partial charge in [0.1, 0.15) is 12.7 Å². The van der Waals surface area contributed by atoms with Crippen LogP contribution in [0.4, 0.5) is 5.82 Å². The zero-order valence-corrected chi connectivity index (χ0v) is 26.6. The van der Waals surface area contributed by atoms with Gasteiger partial charge in [-0.2, -0.15) is 4.68 Å². The third kappa shape index (κ3) is 8.06. The fourth-order valence-electron chi connectivity index (χ4n) is 4.88. The highest BCUT2D eigenvalue weighted by Gasteiger charge is 2.54. The number of ether oxygens (including phenoxy) is 5. The molecule has 0 aliphatic carbocycles. The number of nitrogens with zero attached hydrogens (tertiary/aromatic N) is 4. The Labute approximate surface area is 265 Å². The molecule has 3 aromatic rings. The van der Waals surface area contributed by atoms with Crippen molar-refractivity contribution in [2.45, 2.75) is 76.7 Å². The molecule has 0 amide bonds. The molecule has 0 N–H and O–H groups in total. The van der Waals surface area contributed by atoms with Gasteiger partial charge in [0, 0.05) is 27.7 Å². The first-order valence-electron chi connectivity index (χ1n) is 14.1. The molecule has 4 rings (SSSR count). The van der Waals surface area contributed by atoms with Crippen molar-refractivity contribution in [3.63, 3.8) is 0 Å². The number of hydrogen-bond acceptors (Lipinski definition) is 13. The van der Waals surface area contributed by atoms with Gasteiger partial charge in [0.15, 0.2) is 30.4 Å². The highest BCUT2D eigenvalue weighted by atomic mass is 32.2. The molecule has 1 fully saturated rings. The lowest BCUT2D eigenvalue weighted by molar-refractivity contribution is -0.270. The minimum absolute atomic E-state index is 0.0247. The third-order valence-corrected chi connectivity index (χ3v) is 8.56. The highest BCUT2D eigenvalue weighted by Crippen LogP contribution is 2.37. The summed E-state index contributed by atoms with van der Waals surface area (Å²) in [5.74, 6) is -3.24. The van der Waals surface area contributed by atoms with Gasteiger partial charge in [0.25, 0.3) is 10.0 Å². The predicted octanol–water partition coefficient (Wildman–Crippen LogP) is 2.24. The molecule has 246 valence electrons. The number of carbonyl (C=O) groups is 4. The second-order valence-electron chi connectivity index (χ2n) is 10.4. The summed E-state index contributed by atoms with van der Waals surface area (Å²) in [5, 5.41) is 8.05. The van der Waals surface area contributed by atoms with E-state index in [0.717, 1.165) is 42.2 Å². The summed E-state index contributed by atoms with van der Waals surface area (Å²) in [7, 11) is -4.29. The molecule has 0 spiro atoms. The molecular weight excluding hydrogens is 624 g/mol. The Morgan fingerprint density at radius 2 is 1.41 bits per heavy atom. The molecule has 15 nitrogen and oxygen atoms in total. The monoisotopic (exact) mass is 658 g/mol. The molecule has 46 heavy (non-hydrogen) atoms. The van der Waals surface area contributed by atoms with Crippen LogP contribution in [0.5, 0.6) is 0 Å². The second-order valence-corrected chi connectivity index (χ2v) is 12.3. The van der Waals surface area contributed by atoms with E-state index < -0.39 is 71.2 Å². The van der Waals surface area contributed by atoms with Crippen molar-refractivity contribution in [2.24, 2.45) is 0 Å². The van der Waals surface area contributed by atoms with Crippen molar-refractivity contribution in [3.8, 4) is 0 Å². The van der Waals surface area contributed by atoms with E-state index in [-0.39, 0.29) is 17.3 Å². The normalized spacial score (nSPS) is 21.1. The molecule has 16 heteroatoms. The first kappa shape index (κ1) is 34.1. The molecule has 1 aliphatic rings. The Morgan fingerprint density at radius 1 is 0.826 bits per heavy atom. The lowest BCUT2D eigenvalue weighted by atomic mass is 9.97. The van der Waals surface area contributed by atoms with Gasteiger partial charge in [0.05, 0.1) is 17.6 Å². The van der Waals surface area contributed by atoms with Crippen LogP contribution >= 0.6 is 0 Å². The number of benzene rings is 2. The Morgan fingerprint density at radius 3 is 2.00 bits per heavy atom. The standard InChI is InChI=1S/C30H34N4O11S/c1-18-11-13-24(14-12-18)46(39,40)33(16-23-9-7-6-8-10-23)26-15-31-32-34(26)30-29(44-22(5)38)28(43-21(4)37)27(42-20(3)36)25(45-30)17-41-19(2)35/h6-15,25,27-30H,16-17H2,1-5H3/t25-,27+,28+,29-,30-/m1/s1. The van der Waals surface area contributed by atoms with Gasteiger partial charge in [-0.05, 0) is 24.6 Å². The molecule has 1 aromatic heterocycles. The summed E-state index contributed by atoms with van der Waals surface area (Å²) < 4.78 is 58.4. The molecule has 0 radical (unpaired) electrons. The predicted molar refractivity (Wildman–Crippen MR) is 158 cm³/mol. The molecule has 2 heterocycles. The Hall–Kier alpha value is -4.83. The summed E-state index contributed by atoms with van der Waals surface area (Å²) in [6.07, 6.45) is -6.08. The van der Waals surface area contributed by atoms with Crippen LogP contribution in [0.25, 0.3) is 0 Å². The maximum absolute atomic E-state index is 14.2. The summed E-state index contributed by atoms with van der Waals surface area (Å²) in [6.45, 7) is 5.62. The largest absolute Gasteiger partial charge is 0.463 e. The van der Waals surface area contributed by atoms with Gasteiger partial charge in [0.2, 0.25) is 0 Å². The molecule has 0 saturated carbocycles. The quantitative estimate of drug-likeness (QED) is 0.216. The van der Waals surface area contributed by atoms with Crippen LogP contribution < -0.4 is 4.31 Å². The van der Waals surface area contributed by atoms with E-state index in [1.165, 1.54) is 18.3 Å². The molecule has 5 atom stereocenters. The van der Waals surface area contributed by atoms with Gasteiger partial charge in [-0.25, -0.2) is 12.7 Å². The van der Waals surface area contributed by atoms with Crippen molar-refractivity contribution in [2.75, 3.05) is 10.9 Å². The van der Waals surface area contributed by atoms with Crippen LogP contribution in [0.3, 0.4) is 0 Å². The average Bonchev–Trinajstić information content (AvgIpc) is 3.46.